The number of pyridine rings is 2. The van der Waals surface area contributed by atoms with E-state index >= 15 is 0 Å². The zero-order valence-electron chi connectivity index (χ0n) is 16.7. The Balaban J connectivity index is 1.34. The SMILES string of the molecule is Nc1ccc(-c2ccc3cnc(Nc4ccc(N5CCN(C=O)CC5)nc4)nn23)cn1. The predicted octanol–water partition coefficient (Wildman–Crippen LogP) is 1.79. The first-order valence-corrected chi connectivity index (χ1v) is 9.94. The highest BCUT2D eigenvalue weighted by Gasteiger charge is 2.16. The number of rotatable bonds is 5. The summed E-state index contributed by atoms with van der Waals surface area (Å²) in [5.74, 6) is 1.82. The average Bonchev–Trinajstić information content (AvgIpc) is 3.23. The van der Waals surface area contributed by atoms with E-state index < -0.39 is 0 Å². The van der Waals surface area contributed by atoms with Crippen molar-refractivity contribution in [3.8, 4) is 11.3 Å². The Labute approximate surface area is 178 Å². The van der Waals surface area contributed by atoms with Crippen LogP contribution < -0.4 is 16.0 Å². The zero-order chi connectivity index (χ0) is 21.2. The van der Waals surface area contributed by atoms with Crippen LogP contribution in [0.2, 0.25) is 0 Å². The topological polar surface area (TPSA) is 118 Å². The van der Waals surface area contributed by atoms with Crippen LogP contribution in [0.5, 0.6) is 0 Å². The molecule has 5 rings (SSSR count). The second-order valence-electron chi connectivity index (χ2n) is 7.27. The summed E-state index contributed by atoms with van der Waals surface area (Å²) in [5, 5.41) is 7.82. The lowest BCUT2D eigenvalue weighted by Gasteiger charge is -2.33. The molecule has 156 valence electrons. The fourth-order valence-electron chi connectivity index (χ4n) is 3.57. The third-order valence-corrected chi connectivity index (χ3v) is 5.27. The van der Waals surface area contributed by atoms with E-state index in [4.69, 9.17) is 5.73 Å². The summed E-state index contributed by atoms with van der Waals surface area (Å²) in [7, 11) is 0. The smallest absolute Gasteiger partial charge is 0.245 e. The van der Waals surface area contributed by atoms with Crippen molar-refractivity contribution >= 4 is 35.2 Å². The first-order chi connectivity index (χ1) is 15.2. The predicted molar refractivity (Wildman–Crippen MR) is 118 cm³/mol. The molecule has 0 spiro atoms. The number of piperazine rings is 1. The summed E-state index contributed by atoms with van der Waals surface area (Å²) in [6, 6.07) is 11.5. The van der Waals surface area contributed by atoms with Gasteiger partial charge >= 0.3 is 0 Å². The van der Waals surface area contributed by atoms with Gasteiger partial charge in [-0.05, 0) is 36.4 Å². The molecule has 5 heterocycles. The Morgan fingerprint density at radius 2 is 1.77 bits per heavy atom. The van der Waals surface area contributed by atoms with E-state index in [1.807, 2.05) is 34.8 Å². The van der Waals surface area contributed by atoms with Crippen molar-refractivity contribution in [1.29, 1.82) is 0 Å². The van der Waals surface area contributed by atoms with Crippen LogP contribution in [0.25, 0.3) is 16.8 Å². The largest absolute Gasteiger partial charge is 0.384 e. The van der Waals surface area contributed by atoms with Crippen LogP contribution in [0.15, 0.2) is 55.0 Å². The summed E-state index contributed by atoms with van der Waals surface area (Å²) in [6.07, 6.45) is 6.14. The van der Waals surface area contributed by atoms with E-state index in [1.165, 1.54) is 0 Å². The number of carbonyl (C=O) groups is 1. The van der Waals surface area contributed by atoms with Gasteiger partial charge < -0.3 is 20.9 Å². The van der Waals surface area contributed by atoms with Crippen molar-refractivity contribution in [3.63, 3.8) is 0 Å². The normalized spacial score (nSPS) is 14.1. The Hall–Kier alpha value is -4.21. The van der Waals surface area contributed by atoms with Gasteiger partial charge in [-0.25, -0.2) is 19.5 Å². The quantitative estimate of drug-likeness (QED) is 0.474. The van der Waals surface area contributed by atoms with Crippen LogP contribution in [0.3, 0.4) is 0 Å². The van der Waals surface area contributed by atoms with Gasteiger partial charge in [0.05, 0.1) is 29.3 Å². The van der Waals surface area contributed by atoms with Gasteiger partial charge in [-0.15, -0.1) is 5.10 Å². The molecule has 0 saturated carbocycles. The third-order valence-electron chi connectivity index (χ3n) is 5.27. The zero-order valence-corrected chi connectivity index (χ0v) is 16.7. The van der Waals surface area contributed by atoms with Gasteiger partial charge in [0, 0.05) is 37.9 Å². The van der Waals surface area contributed by atoms with E-state index in [-0.39, 0.29) is 0 Å². The van der Waals surface area contributed by atoms with Crippen LogP contribution >= 0.6 is 0 Å². The second kappa shape index (κ2) is 7.90. The molecule has 0 aromatic carbocycles. The Bertz CT molecular complexity index is 1200. The van der Waals surface area contributed by atoms with Crippen molar-refractivity contribution in [2.24, 2.45) is 0 Å². The molecule has 0 radical (unpaired) electrons. The fraction of sp³-hybridized carbons (Fsp3) is 0.190. The molecular weight excluding hydrogens is 394 g/mol. The molecule has 10 heteroatoms. The highest BCUT2D eigenvalue weighted by atomic mass is 16.1. The number of aromatic nitrogens is 5. The minimum absolute atomic E-state index is 0.461. The van der Waals surface area contributed by atoms with E-state index in [1.54, 1.807) is 29.6 Å². The fourth-order valence-corrected chi connectivity index (χ4v) is 3.57. The maximum atomic E-state index is 10.9. The van der Waals surface area contributed by atoms with Crippen molar-refractivity contribution < 1.29 is 4.79 Å². The molecule has 4 aromatic rings. The third kappa shape index (κ3) is 3.82. The molecule has 0 aliphatic carbocycles. The average molecular weight is 415 g/mol. The van der Waals surface area contributed by atoms with E-state index in [9.17, 15) is 4.79 Å². The number of nitrogens with two attached hydrogens (primary N) is 1. The molecular formula is C21H21N9O. The van der Waals surface area contributed by atoms with Crippen LogP contribution in [-0.4, -0.2) is 62.1 Å². The van der Waals surface area contributed by atoms with Crippen LogP contribution in [-0.2, 0) is 4.79 Å². The molecule has 3 N–H and O–H groups in total. The van der Waals surface area contributed by atoms with Gasteiger partial charge in [0.1, 0.15) is 11.6 Å². The lowest BCUT2D eigenvalue weighted by atomic mass is 10.2. The molecule has 0 unspecified atom stereocenters. The van der Waals surface area contributed by atoms with Crippen LogP contribution in [0.4, 0.5) is 23.3 Å². The molecule has 0 bridgehead atoms. The number of nitrogens with zero attached hydrogens (tertiary/aromatic N) is 7. The summed E-state index contributed by atoms with van der Waals surface area (Å²) in [5.41, 5.74) is 9.17. The van der Waals surface area contributed by atoms with Crippen molar-refractivity contribution in [2.75, 3.05) is 42.1 Å². The standard InChI is InChI=1S/C21H21N9O/c22-19-5-1-15(11-23-19)18-4-3-17-13-25-21(27-30(17)18)26-16-2-6-20(24-12-16)29-9-7-28(14-31)8-10-29/h1-6,11-14H,7-10H2,(H2,22,23)(H,26,27). The van der Waals surface area contributed by atoms with Gasteiger partial charge in [-0.3, -0.25) is 4.79 Å². The molecule has 1 aliphatic heterocycles. The maximum Gasteiger partial charge on any atom is 0.245 e. The highest BCUT2D eigenvalue weighted by Crippen LogP contribution is 2.23. The molecule has 10 nitrogen and oxygen atoms in total. The van der Waals surface area contributed by atoms with Gasteiger partial charge in [0.2, 0.25) is 12.4 Å². The number of fused-ring (bicyclic) bond motifs is 1. The summed E-state index contributed by atoms with van der Waals surface area (Å²) in [4.78, 5) is 27.9. The molecule has 1 fully saturated rings. The minimum atomic E-state index is 0.461. The number of anilines is 4. The number of carbonyl (C=O) groups excluding carboxylic acids is 1. The lowest BCUT2D eigenvalue weighted by molar-refractivity contribution is -0.118. The van der Waals surface area contributed by atoms with Gasteiger partial charge in [0.15, 0.2) is 0 Å². The summed E-state index contributed by atoms with van der Waals surface area (Å²) >= 11 is 0. The Morgan fingerprint density at radius 1 is 0.903 bits per heavy atom. The first-order valence-electron chi connectivity index (χ1n) is 9.94. The minimum Gasteiger partial charge on any atom is -0.384 e. The van der Waals surface area contributed by atoms with Crippen molar-refractivity contribution in [3.05, 3.63) is 55.0 Å². The molecule has 1 saturated heterocycles. The molecule has 31 heavy (non-hydrogen) atoms. The summed E-state index contributed by atoms with van der Waals surface area (Å²) < 4.78 is 1.82. The second-order valence-corrected chi connectivity index (χ2v) is 7.27. The number of hydrogen-bond donors (Lipinski definition) is 2. The number of nitrogens with one attached hydrogen (secondary N) is 1. The monoisotopic (exact) mass is 415 g/mol. The Kier molecular flexibility index (Phi) is 4.79. The summed E-state index contributed by atoms with van der Waals surface area (Å²) in [6.45, 7) is 2.97. The molecule has 1 amide bonds. The molecule has 0 atom stereocenters. The number of amides is 1. The maximum absolute atomic E-state index is 10.9. The van der Waals surface area contributed by atoms with E-state index in [0.717, 1.165) is 47.8 Å². The number of nitrogen functional groups attached to an aromatic ring is 1. The lowest BCUT2D eigenvalue weighted by Crippen LogP contribution is -2.46. The first kappa shape index (κ1) is 18.8. The molecule has 4 aromatic heterocycles. The highest BCUT2D eigenvalue weighted by molar-refractivity contribution is 5.67. The van der Waals surface area contributed by atoms with Crippen molar-refractivity contribution in [2.45, 2.75) is 0 Å². The number of hydrogen-bond acceptors (Lipinski definition) is 8. The van der Waals surface area contributed by atoms with E-state index in [2.05, 4.69) is 30.3 Å². The molecule has 1 aliphatic rings. The van der Waals surface area contributed by atoms with Gasteiger partial charge in [0.25, 0.3) is 0 Å². The van der Waals surface area contributed by atoms with Crippen LogP contribution in [0.1, 0.15) is 0 Å². The van der Waals surface area contributed by atoms with Crippen LogP contribution in [0, 0.1) is 0 Å². The Morgan fingerprint density at radius 3 is 2.48 bits per heavy atom. The van der Waals surface area contributed by atoms with Crippen molar-refractivity contribution in [1.82, 2.24) is 29.5 Å². The van der Waals surface area contributed by atoms with E-state index in [0.29, 0.717) is 24.9 Å². The van der Waals surface area contributed by atoms with Gasteiger partial charge in [-0.1, -0.05) is 0 Å². The van der Waals surface area contributed by atoms with Gasteiger partial charge in [-0.2, -0.15) is 0 Å².